The Hall–Kier alpha value is -2.34. The molecule has 1 aromatic carbocycles. The van der Waals surface area contributed by atoms with Crippen molar-refractivity contribution in [2.24, 2.45) is 0 Å². The predicted octanol–water partition coefficient (Wildman–Crippen LogP) is 3.80. The minimum absolute atomic E-state index is 0.0192. The number of carbonyl (C=O) groups is 2. The molecule has 1 aromatic heterocycles. The molecule has 0 aliphatic carbocycles. The van der Waals surface area contributed by atoms with Crippen molar-refractivity contribution >= 4 is 29.0 Å². The quantitative estimate of drug-likeness (QED) is 0.855. The van der Waals surface area contributed by atoms with Crippen LogP contribution in [0.2, 0.25) is 0 Å². The van der Waals surface area contributed by atoms with E-state index in [1.54, 1.807) is 11.3 Å². The van der Waals surface area contributed by atoms with Crippen molar-refractivity contribution in [1.82, 2.24) is 10.2 Å². The lowest BCUT2D eigenvalue weighted by molar-refractivity contribution is -0.114. The minimum atomic E-state index is -0.0779. The van der Waals surface area contributed by atoms with Crippen LogP contribution in [0, 0.1) is 0 Å². The highest BCUT2D eigenvalue weighted by Crippen LogP contribution is 2.34. The zero-order valence-corrected chi connectivity index (χ0v) is 15.1. The van der Waals surface area contributed by atoms with Gasteiger partial charge in [-0.2, -0.15) is 0 Å². The molecule has 0 bridgehead atoms. The molecule has 1 fully saturated rings. The van der Waals surface area contributed by atoms with Crippen molar-refractivity contribution in [2.75, 3.05) is 18.4 Å². The molecule has 5 nitrogen and oxygen atoms in total. The van der Waals surface area contributed by atoms with Gasteiger partial charge in [-0.3, -0.25) is 4.79 Å². The summed E-state index contributed by atoms with van der Waals surface area (Å²) < 4.78 is 0. The lowest BCUT2D eigenvalue weighted by Crippen LogP contribution is -2.40. The van der Waals surface area contributed by atoms with Crippen LogP contribution in [0.3, 0.4) is 0 Å². The fourth-order valence-corrected chi connectivity index (χ4v) is 4.03. The van der Waals surface area contributed by atoms with E-state index in [1.807, 2.05) is 35.2 Å². The molecular weight excluding hydrogens is 334 g/mol. The van der Waals surface area contributed by atoms with Gasteiger partial charge in [0.1, 0.15) is 0 Å². The molecular formula is C19H23N3O2S. The number of likely N-dealkylation sites (tertiary alicyclic amines) is 1. The van der Waals surface area contributed by atoms with Crippen LogP contribution in [0.15, 0.2) is 41.8 Å². The highest BCUT2D eigenvalue weighted by Gasteiger charge is 2.30. The molecule has 1 aliphatic heterocycles. The fraction of sp³-hybridized carbons (Fsp3) is 0.368. The Balaban J connectivity index is 1.48. The molecule has 0 spiro atoms. The van der Waals surface area contributed by atoms with Gasteiger partial charge in [0.2, 0.25) is 5.91 Å². The van der Waals surface area contributed by atoms with Crippen LogP contribution in [-0.2, 0) is 11.2 Å². The van der Waals surface area contributed by atoms with Crippen molar-refractivity contribution in [3.63, 3.8) is 0 Å². The minimum Gasteiger partial charge on any atom is -0.338 e. The number of nitrogens with zero attached hydrogens (tertiary/aromatic N) is 1. The van der Waals surface area contributed by atoms with Gasteiger partial charge >= 0.3 is 6.03 Å². The van der Waals surface area contributed by atoms with Crippen molar-refractivity contribution in [2.45, 2.75) is 32.2 Å². The molecule has 3 amide bonds. The second-order valence-electron chi connectivity index (χ2n) is 6.23. The Labute approximate surface area is 152 Å². The van der Waals surface area contributed by atoms with Crippen molar-refractivity contribution in [3.05, 3.63) is 52.2 Å². The Morgan fingerprint density at radius 2 is 2.04 bits per heavy atom. The maximum atomic E-state index is 12.5. The van der Waals surface area contributed by atoms with Crippen LogP contribution >= 0.6 is 11.3 Å². The van der Waals surface area contributed by atoms with Crippen LogP contribution in [-0.4, -0.2) is 29.9 Å². The number of hydrogen-bond donors (Lipinski definition) is 2. The summed E-state index contributed by atoms with van der Waals surface area (Å²) in [6.07, 6.45) is 2.86. The number of hydrogen-bond acceptors (Lipinski definition) is 3. The average Bonchev–Trinajstić information content (AvgIpc) is 3.27. The number of carbonyl (C=O) groups excluding carboxylic acids is 2. The average molecular weight is 357 g/mol. The molecule has 2 heterocycles. The van der Waals surface area contributed by atoms with E-state index < -0.39 is 0 Å². The summed E-state index contributed by atoms with van der Waals surface area (Å²) in [5, 5.41) is 7.84. The first-order valence-electron chi connectivity index (χ1n) is 8.58. The second-order valence-corrected chi connectivity index (χ2v) is 7.21. The summed E-state index contributed by atoms with van der Waals surface area (Å²) in [6.45, 7) is 2.91. The molecule has 1 saturated heterocycles. The summed E-state index contributed by atoms with van der Waals surface area (Å²) in [7, 11) is 0. The number of thiophene rings is 1. The lowest BCUT2D eigenvalue weighted by atomic mass is 10.1. The highest BCUT2D eigenvalue weighted by atomic mass is 32.1. The number of amides is 3. The zero-order valence-electron chi connectivity index (χ0n) is 14.3. The Kier molecular flexibility index (Phi) is 5.71. The van der Waals surface area contributed by atoms with Gasteiger partial charge in [-0.05, 0) is 48.4 Å². The summed E-state index contributed by atoms with van der Waals surface area (Å²) in [5.74, 6) is -0.0779. The van der Waals surface area contributed by atoms with Gasteiger partial charge in [0.15, 0.2) is 0 Å². The zero-order chi connectivity index (χ0) is 17.6. The van der Waals surface area contributed by atoms with Gasteiger partial charge in [-0.1, -0.05) is 18.2 Å². The number of anilines is 1. The van der Waals surface area contributed by atoms with E-state index in [1.165, 1.54) is 11.8 Å². The molecule has 132 valence electrons. The predicted molar refractivity (Wildman–Crippen MR) is 101 cm³/mol. The standard InChI is InChI=1S/C19H23N3O2S/c1-14(23)21-16-8-6-15(7-9-16)10-11-20-19(24)22-12-2-4-17(22)18-5-3-13-25-18/h3,5-9,13,17H,2,4,10-12H2,1H3,(H,20,24)(H,21,23). The van der Waals surface area contributed by atoms with Gasteiger partial charge in [-0.25, -0.2) is 4.79 Å². The van der Waals surface area contributed by atoms with E-state index in [4.69, 9.17) is 0 Å². The SMILES string of the molecule is CC(=O)Nc1ccc(CCNC(=O)N2CCCC2c2cccs2)cc1. The normalized spacial score (nSPS) is 16.7. The van der Waals surface area contributed by atoms with Crippen molar-refractivity contribution in [3.8, 4) is 0 Å². The van der Waals surface area contributed by atoms with Gasteiger partial charge in [0.25, 0.3) is 0 Å². The van der Waals surface area contributed by atoms with Crippen LogP contribution in [0.5, 0.6) is 0 Å². The molecule has 3 rings (SSSR count). The molecule has 1 aliphatic rings. The van der Waals surface area contributed by atoms with E-state index in [-0.39, 0.29) is 18.0 Å². The largest absolute Gasteiger partial charge is 0.338 e. The lowest BCUT2D eigenvalue weighted by Gasteiger charge is -2.24. The number of rotatable bonds is 5. The first-order chi connectivity index (χ1) is 12.1. The van der Waals surface area contributed by atoms with E-state index in [2.05, 4.69) is 22.1 Å². The van der Waals surface area contributed by atoms with Gasteiger partial charge in [0.05, 0.1) is 6.04 Å². The first-order valence-corrected chi connectivity index (χ1v) is 9.46. The first kappa shape index (κ1) is 17.5. The van der Waals surface area contributed by atoms with Crippen LogP contribution in [0.4, 0.5) is 10.5 Å². The summed E-state index contributed by atoms with van der Waals surface area (Å²) >= 11 is 1.72. The maximum Gasteiger partial charge on any atom is 0.317 e. The third-order valence-corrected chi connectivity index (χ3v) is 5.32. The summed E-state index contributed by atoms with van der Waals surface area (Å²) in [4.78, 5) is 26.7. The van der Waals surface area contributed by atoms with Gasteiger partial charge in [0, 0.05) is 30.6 Å². The highest BCUT2D eigenvalue weighted by molar-refractivity contribution is 7.10. The molecule has 6 heteroatoms. The summed E-state index contributed by atoms with van der Waals surface area (Å²) in [6, 6.07) is 12.1. The van der Waals surface area contributed by atoms with Crippen LogP contribution in [0.25, 0.3) is 0 Å². The Morgan fingerprint density at radius 1 is 1.24 bits per heavy atom. The molecule has 2 aromatic rings. The van der Waals surface area contributed by atoms with E-state index in [9.17, 15) is 9.59 Å². The van der Waals surface area contributed by atoms with Crippen LogP contribution in [0.1, 0.15) is 36.2 Å². The molecule has 0 radical (unpaired) electrons. The van der Waals surface area contributed by atoms with Crippen molar-refractivity contribution in [1.29, 1.82) is 0 Å². The molecule has 0 saturated carbocycles. The second kappa shape index (κ2) is 8.16. The fourth-order valence-electron chi connectivity index (χ4n) is 3.16. The molecule has 1 atom stereocenters. The van der Waals surface area contributed by atoms with E-state index in [0.29, 0.717) is 6.54 Å². The maximum absolute atomic E-state index is 12.5. The van der Waals surface area contributed by atoms with E-state index in [0.717, 1.165) is 37.1 Å². The Bertz CT molecular complexity index is 713. The van der Waals surface area contributed by atoms with Crippen LogP contribution < -0.4 is 10.6 Å². The molecule has 2 N–H and O–H groups in total. The smallest absolute Gasteiger partial charge is 0.317 e. The Morgan fingerprint density at radius 3 is 2.72 bits per heavy atom. The van der Waals surface area contributed by atoms with Gasteiger partial charge in [-0.15, -0.1) is 11.3 Å². The molecule has 25 heavy (non-hydrogen) atoms. The monoisotopic (exact) mass is 357 g/mol. The number of urea groups is 1. The third kappa shape index (κ3) is 4.60. The topological polar surface area (TPSA) is 61.4 Å². The number of nitrogens with one attached hydrogen (secondary N) is 2. The van der Waals surface area contributed by atoms with Crippen molar-refractivity contribution < 1.29 is 9.59 Å². The number of benzene rings is 1. The van der Waals surface area contributed by atoms with Gasteiger partial charge < -0.3 is 15.5 Å². The third-order valence-electron chi connectivity index (χ3n) is 4.35. The molecule has 1 unspecified atom stereocenters. The van der Waals surface area contributed by atoms with E-state index >= 15 is 0 Å². The summed E-state index contributed by atoms with van der Waals surface area (Å²) in [5.41, 5.74) is 1.92.